The minimum atomic E-state index is -0.0842. The molecule has 0 saturated carbocycles. The second-order valence-electron chi connectivity index (χ2n) is 8.03. The molecule has 3 aromatic carbocycles. The van der Waals surface area contributed by atoms with Crippen molar-refractivity contribution in [2.75, 3.05) is 24.8 Å². The molecule has 0 aromatic heterocycles. The van der Waals surface area contributed by atoms with Crippen LogP contribution in [0.5, 0.6) is 11.5 Å². The van der Waals surface area contributed by atoms with Gasteiger partial charge in [0, 0.05) is 30.9 Å². The Morgan fingerprint density at radius 3 is 2.61 bits per heavy atom. The number of nitrogens with zero attached hydrogens (tertiary/aromatic N) is 1. The van der Waals surface area contributed by atoms with Gasteiger partial charge in [-0.15, -0.1) is 0 Å². The van der Waals surface area contributed by atoms with Gasteiger partial charge in [-0.05, 0) is 66.3 Å². The molecule has 2 aliphatic rings. The van der Waals surface area contributed by atoms with Gasteiger partial charge in [-0.1, -0.05) is 36.4 Å². The summed E-state index contributed by atoms with van der Waals surface area (Å²) < 4.78 is 10.6. The largest absolute Gasteiger partial charge is 0.454 e. The second-order valence-corrected chi connectivity index (χ2v) is 8.03. The molecule has 31 heavy (non-hydrogen) atoms. The third-order valence-corrected chi connectivity index (χ3v) is 5.99. The molecule has 0 radical (unpaired) electrons. The van der Waals surface area contributed by atoms with Crippen molar-refractivity contribution in [1.82, 2.24) is 5.32 Å². The van der Waals surface area contributed by atoms with E-state index >= 15 is 0 Å². The maximum atomic E-state index is 12.4. The smallest absolute Gasteiger partial charge is 0.251 e. The Labute approximate surface area is 182 Å². The van der Waals surface area contributed by atoms with Crippen molar-refractivity contribution in [3.63, 3.8) is 0 Å². The summed E-state index contributed by atoms with van der Waals surface area (Å²) in [5.41, 5.74) is 6.05. The van der Waals surface area contributed by atoms with Crippen molar-refractivity contribution in [2.45, 2.75) is 25.8 Å². The fourth-order valence-electron chi connectivity index (χ4n) is 4.22. The van der Waals surface area contributed by atoms with Gasteiger partial charge in [-0.3, -0.25) is 4.79 Å². The van der Waals surface area contributed by atoms with E-state index in [1.807, 2.05) is 0 Å². The van der Waals surface area contributed by atoms with Crippen LogP contribution in [0.4, 0.5) is 5.69 Å². The predicted octanol–water partition coefficient (Wildman–Crippen LogP) is 4.34. The normalized spacial score (nSPS) is 14.3. The van der Waals surface area contributed by atoms with Gasteiger partial charge in [0.05, 0.1) is 0 Å². The number of anilines is 1. The van der Waals surface area contributed by atoms with Crippen molar-refractivity contribution < 1.29 is 14.3 Å². The Morgan fingerprint density at radius 1 is 0.935 bits per heavy atom. The second kappa shape index (κ2) is 8.72. The molecule has 3 aromatic rings. The fourth-order valence-corrected chi connectivity index (χ4v) is 4.22. The number of ether oxygens (including phenoxy) is 2. The predicted molar refractivity (Wildman–Crippen MR) is 121 cm³/mol. The molecule has 0 atom stereocenters. The summed E-state index contributed by atoms with van der Waals surface area (Å²) >= 11 is 0. The number of nitrogens with one attached hydrogen (secondary N) is 1. The van der Waals surface area contributed by atoms with Crippen molar-refractivity contribution in [1.29, 1.82) is 0 Å². The average molecular weight is 415 g/mol. The lowest BCUT2D eigenvalue weighted by atomic mass is 9.99. The quantitative estimate of drug-likeness (QED) is 0.610. The fraction of sp³-hybridized carbons (Fsp3) is 0.269. The van der Waals surface area contributed by atoms with E-state index in [2.05, 4.69) is 58.7 Å². The molecule has 2 aliphatic heterocycles. The summed E-state index contributed by atoms with van der Waals surface area (Å²) in [4.78, 5) is 14.8. The van der Waals surface area contributed by atoms with Crippen LogP contribution in [0.25, 0.3) is 0 Å². The van der Waals surface area contributed by atoms with Gasteiger partial charge < -0.3 is 19.7 Å². The number of hydrogen-bond donors (Lipinski definition) is 1. The molecular formula is C26H26N2O3. The van der Waals surface area contributed by atoms with Crippen LogP contribution in [0.2, 0.25) is 0 Å². The van der Waals surface area contributed by atoms with Crippen molar-refractivity contribution in [3.05, 3.63) is 89.0 Å². The number of amides is 1. The van der Waals surface area contributed by atoms with Gasteiger partial charge in [0.1, 0.15) is 0 Å². The molecule has 5 rings (SSSR count). The first-order valence-electron chi connectivity index (χ1n) is 10.8. The van der Waals surface area contributed by atoms with Crippen LogP contribution in [-0.2, 0) is 19.4 Å². The molecule has 0 unspecified atom stereocenters. The number of fused-ring (bicyclic) bond motifs is 2. The van der Waals surface area contributed by atoms with Crippen molar-refractivity contribution in [3.8, 4) is 11.5 Å². The van der Waals surface area contributed by atoms with Gasteiger partial charge >= 0.3 is 0 Å². The van der Waals surface area contributed by atoms with Gasteiger partial charge in [-0.2, -0.15) is 0 Å². The van der Waals surface area contributed by atoms with Gasteiger partial charge in [0.2, 0.25) is 6.79 Å². The molecule has 1 amide bonds. The lowest BCUT2D eigenvalue weighted by molar-refractivity contribution is 0.0952. The summed E-state index contributed by atoms with van der Waals surface area (Å²) in [5, 5.41) is 2.99. The minimum absolute atomic E-state index is 0.0842. The van der Waals surface area contributed by atoms with Crippen LogP contribution in [0.15, 0.2) is 66.7 Å². The first kappa shape index (κ1) is 19.5. The molecule has 0 saturated heterocycles. The standard InChI is InChI=1S/C26H26N2O3/c29-26(21-9-12-24-25(16-21)31-18-30-24)27-14-3-4-19-7-10-23(11-8-19)28-15-13-20-5-1-2-6-22(20)17-28/h1-2,5-12,16H,3-4,13-15,17-18H2,(H,27,29). The van der Waals surface area contributed by atoms with Crippen LogP contribution in [0.3, 0.4) is 0 Å². The van der Waals surface area contributed by atoms with Gasteiger partial charge in [0.15, 0.2) is 11.5 Å². The van der Waals surface area contributed by atoms with E-state index in [1.165, 1.54) is 22.4 Å². The number of benzene rings is 3. The molecule has 5 heteroatoms. The highest BCUT2D eigenvalue weighted by atomic mass is 16.7. The lowest BCUT2D eigenvalue weighted by Crippen LogP contribution is -2.30. The summed E-state index contributed by atoms with van der Waals surface area (Å²) in [6.07, 6.45) is 2.93. The van der Waals surface area contributed by atoms with Crippen LogP contribution in [-0.4, -0.2) is 25.8 Å². The molecule has 0 bridgehead atoms. The third kappa shape index (κ3) is 4.36. The molecule has 1 N–H and O–H groups in total. The van der Waals surface area contributed by atoms with Crippen molar-refractivity contribution >= 4 is 11.6 Å². The maximum Gasteiger partial charge on any atom is 0.251 e. The van der Waals surface area contributed by atoms with E-state index in [0.29, 0.717) is 23.6 Å². The average Bonchev–Trinajstić information content (AvgIpc) is 3.30. The highest BCUT2D eigenvalue weighted by molar-refractivity contribution is 5.94. The first-order chi connectivity index (χ1) is 15.3. The van der Waals surface area contributed by atoms with E-state index in [9.17, 15) is 4.79 Å². The molecule has 5 nitrogen and oxygen atoms in total. The van der Waals surface area contributed by atoms with Crippen LogP contribution in [0, 0.1) is 0 Å². The summed E-state index contributed by atoms with van der Waals surface area (Å²) in [6, 6.07) is 22.8. The summed E-state index contributed by atoms with van der Waals surface area (Å²) in [6.45, 7) is 2.88. The number of carbonyl (C=O) groups is 1. The molecule has 158 valence electrons. The van der Waals surface area contributed by atoms with Crippen LogP contribution < -0.4 is 19.7 Å². The zero-order valence-corrected chi connectivity index (χ0v) is 17.5. The molecule has 2 heterocycles. The number of aryl methyl sites for hydroxylation is 1. The number of rotatable bonds is 6. The highest BCUT2D eigenvalue weighted by Gasteiger charge is 2.17. The van der Waals surface area contributed by atoms with E-state index in [0.717, 1.165) is 32.4 Å². The Balaban J connectivity index is 1.10. The Hall–Kier alpha value is -3.47. The number of hydrogen-bond acceptors (Lipinski definition) is 4. The lowest BCUT2D eigenvalue weighted by Gasteiger charge is -2.30. The monoisotopic (exact) mass is 414 g/mol. The topological polar surface area (TPSA) is 50.8 Å². The molecular weight excluding hydrogens is 388 g/mol. The van der Waals surface area contributed by atoms with Crippen molar-refractivity contribution in [2.24, 2.45) is 0 Å². The van der Waals surface area contributed by atoms with E-state index < -0.39 is 0 Å². The molecule has 0 aliphatic carbocycles. The summed E-state index contributed by atoms with van der Waals surface area (Å²) in [5.74, 6) is 1.23. The maximum absolute atomic E-state index is 12.4. The summed E-state index contributed by atoms with van der Waals surface area (Å²) in [7, 11) is 0. The highest BCUT2D eigenvalue weighted by Crippen LogP contribution is 2.32. The minimum Gasteiger partial charge on any atom is -0.454 e. The van der Waals surface area contributed by atoms with Gasteiger partial charge in [-0.25, -0.2) is 0 Å². The van der Waals surface area contributed by atoms with E-state index in [1.54, 1.807) is 18.2 Å². The Bertz CT molecular complexity index is 1080. The van der Waals surface area contributed by atoms with Crippen LogP contribution in [0.1, 0.15) is 33.5 Å². The molecule has 0 fully saturated rings. The zero-order chi connectivity index (χ0) is 21.0. The van der Waals surface area contributed by atoms with E-state index in [4.69, 9.17) is 9.47 Å². The molecule has 0 spiro atoms. The first-order valence-corrected chi connectivity index (χ1v) is 10.8. The van der Waals surface area contributed by atoms with Crippen LogP contribution >= 0.6 is 0 Å². The van der Waals surface area contributed by atoms with E-state index in [-0.39, 0.29) is 12.7 Å². The Morgan fingerprint density at radius 2 is 1.74 bits per heavy atom. The zero-order valence-electron chi connectivity index (χ0n) is 17.5. The SMILES string of the molecule is O=C(NCCCc1ccc(N2CCc3ccccc3C2)cc1)c1ccc2c(c1)OCO2. The third-order valence-electron chi connectivity index (χ3n) is 5.99. The Kier molecular flexibility index (Phi) is 5.48. The van der Waals surface area contributed by atoms with Gasteiger partial charge in [0.25, 0.3) is 5.91 Å². The number of carbonyl (C=O) groups excluding carboxylic acids is 1.